The Morgan fingerprint density at radius 1 is 1.21 bits per heavy atom. The summed E-state index contributed by atoms with van der Waals surface area (Å²) in [5.41, 5.74) is 3.95. The predicted molar refractivity (Wildman–Crippen MR) is 86.3 cm³/mol. The van der Waals surface area contributed by atoms with Crippen molar-refractivity contribution in [1.29, 1.82) is 0 Å². The number of fused-ring (bicyclic) bond motifs is 1. The molecule has 0 aliphatic rings. The maximum absolute atomic E-state index is 6.08. The lowest BCUT2D eigenvalue weighted by Crippen LogP contribution is -2.15. The van der Waals surface area contributed by atoms with Crippen LogP contribution in [-0.4, -0.2) is 30.5 Å². The van der Waals surface area contributed by atoms with E-state index in [0.717, 1.165) is 24.4 Å². The van der Waals surface area contributed by atoms with Crippen molar-refractivity contribution >= 4 is 22.5 Å². The molecule has 19 heavy (non-hydrogen) atoms. The van der Waals surface area contributed by atoms with E-state index in [1.165, 1.54) is 22.2 Å². The zero-order valence-corrected chi connectivity index (χ0v) is 13.4. The number of aromatic nitrogens is 1. The van der Waals surface area contributed by atoms with E-state index >= 15 is 0 Å². The number of aromatic amines is 1. The molecule has 1 aromatic heterocycles. The quantitative estimate of drug-likeness (QED) is 0.873. The highest BCUT2D eigenvalue weighted by atomic mass is 35.5. The standard InChI is InChI=1S/C14H19ClN2.C2H6/c1-4-13-11(7-8-17(2)3)12-9-10(15)5-6-14(12)16-13;1-2/h5-6,9,16H,4,7-8H2,1-3H3;1-2H3. The average Bonchev–Trinajstić information content (AvgIpc) is 2.75. The third kappa shape index (κ3) is 3.99. The Kier molecular flexibility index (Phi) is 6.40. The summed E-state index contributed by atoms with van der Waals surface area (Å²) in [6.07, 6.45) is 2.10. The second kappa shape index (κ2) is 7.56. The molecule has 0 bridgehead atoms. The number of aryl methyl sites for hydroxylation is 1. The van der Waals surface area contributed by atoms with Gasteiger partial charge in [-0.3, -0.25) is 0 Å². The number of hydrogen-bond donors (Lipinski definition) is 1. The molecule has 1 N–H and O–H groups in total. The van der Waals surface area contributed by atoms with E-state index in [1.54, 1.807) is 0 Å². The Bertz CT molecular complexity index is 515. The molecule has 2 nitrogen and oxygen atoms in total. The first-order chi connectivity index (χ1) is 9.11. The zero-order valence-electron chi connectivity index (χ0n) is 12.7. The highest BCUT2D eigenvalue weighted by Crippen LogP contribution is 2.26. The Labute approximate surface area is 121 Å². The van der Waals surface area contributed by atoms with Crippen molar-refractivity contribution in [2.45, 2.75) is 33.6 Å². The fourth-order valence-electron chi connectivity index (χ4n) is 2.20. The monoisotopic (exact) mass is 280 g/mol. The van der Waals surface area contributed by atoms with Gasteiger partial charge in [0.05, 0.1) is 0 Å². The van der Waals surface area contributed by atoms with Gasteiger partial charge in [0.1, 0.15) is 0 Å². The first-order valence-corrected chi connectivity index (χ1v) is 7.43. The van der Waals surface area contributed by atoms with Crippen LogP contribution in [-0.2, 0) is 12.8 Å². The molecule has 0 fully saturated rings. The van der Waals surface area contributed by atoms with Crippen molar-refractivity contribution in [3.05, 3.63) is 34.5 Å². The van der Waals surface area contributed by atoms with Crippen LogP contribution < -0.4 is 0 Å². The van der Waals surface area contributed by atoms with E-state index in [4.69, 9.17) is 11.6 Å². The lowest BCUT2D eigenvalue weighted by molar-refractivity contribution is 0.413. The molecule has 0 unspecified atom stereocenters. The van der Waals surface area contributed by atoms with Crippen molar-refractivity contribution in [1.82, 2.24) is 9.88 Å². The van der Waals surface area contributed by atoms with E-state index in [-0.39, 0.29) is 0 Å². The van der Waals surface area contributed by atoms with Gasteiger partial charge >= 0.3 is 0 Å². The molecule has 0 saturated carbocycles. The molecule has 1 aromatic carbocycles. The topological polar surface area (TPSA) is 19.0 Å². The summed E-state index contributed by atoms with van der Waals surface area (Å²) in [6, 6.07) is 6.07. The highest BCUT2D eigenvalue weighted by molar-refractivity contribution is 6.31. The molecule has 2 rings (SSSR count). The van der Waals surface area contributed by atoms with Crippen LogP contribution in [0.1, 0.15) is 32.0 Å². The van der Waals surface area contributed by atoms with Crippen LogP contribution in [0.2, 0.25) is 5.02 Å². The van der Waals surface area contributed by atoms with Gasteiger partial charge in [-0.15, -0.1) is 0 Å². The first-order valence-electron chi connectivity index (χ1n) is 7.05. The van der Waals surface area contributed by atoms with Gasteiger partial charge in [-0.05, 0) is 50.7 Å². The second-order valence-corrected chi connectivity index (χ2v) is 5.12. The minimum absolute atomic E-state index is 0.810. The summed E-state index contributed by atoms with van der Waals surface area (Å²) in [4.78, 5) is 5.70. The molecule has 3 heteroatoms. The van der Waals surface area contributed by atoms with E-state index in [9.17, 15) is 0 Å². The van der Waals surface area contributed by atoms with Crippen LogP contribution in [0.3, 0.4) is 0 Å². The molecule has 2 aromatic rings. The lowest BCUT2D eigenvalue weighted by Gasteiger charge is -2.09. The van der Waals surface area contributed by atoms with E-state index < -0.39 is 0 Å². The molecule has 0 aliphatic heterocycles. The van der Waals surface area contributed by atoms with Crippen molar-refractivity contribution in [3.8, 4) is 0 Å². The smallest absolute Gasteiger partial charge is 0.0460 e. The predicted octanol–water partition coefficient (Wildman–Crippen LogP) is 4.51. The van der Waals surface area contributed by atoms with Crippen LogP contribution in [0.4, 0.5) is 0 Å². The van der Waals surface area contributed by atoms with Gasteiger partial charge in [-0.25, -0.2) is 0 Å². The maximum atomic E-state index is 6.08. The summed E-state index contributed by atoms with van der Waals surface area (Å²) in [6.45, 7) is 7.25. The molecule has 0 atom stereocenters. The highest BCUT2D eigenvalue weighted by Gasteiger charge is 2.10. The van der Waals surface area contributed by atoms with Gasteiger partial charge in [0.25, 0.3) is 0 Å². The molecule has 106 valence electrons. The number of rotatable bonds is 4. The van der Waals surface area contributed by atoms with Crippen molar-refractivity contribution < 1.29 is 0 Å². The van der Waals surface area contributed by atoms with Crippen LogP contribution in [0.15, 0.2) is 18.2 Å². The third-order valence-corrected chi connectivity index (χ3v) is 3.35. The third-order valence-electron chi connectivity index (χ3n) is 3.12. The fourth-order valence-corrected chi connectivity index (χ4v) is 2.37. The maximum Gasteiger partial charge on any atom is 0.0460 e. The van der Waals surface area contributed by atoms with Crippen molar-refractivity contribution in [3.63, 3.8) is 0 Å². The van der Waals surface area contributed by atoms with Crippen LogP contribution in [0.25, 0.3) is 10.9 Å². The largest absolute Gasteiger partial charge is 0.358 e. The lowest BCUT2D eigenvalue weighted by atomic mass is 10.1. The molecule has 0 radical (unpaired) electrons. The van der Waals surface area contributed by atoms with E-state index in [0.29, 0.717) is 0 Å². The summed E-state index contributed by atoms with van der Waals surface area (Å²) in [5, 5.41) is 2.08. The SMILES string of the molecule is CC.CCc1[nH]c2ccc(Cl)cc2c1CCN(C)C. The zero-order chi connectivity index (χ0) is 14.4. The summed E-state index contributed by atoms with van der Waals surface area (Å²) < 4.78 is 0. The summed E-state index contributed by atoms with van der Waals surface area (Å²) in [5.74, 6) is 0. The molecule has 0 amide bonds. The minimum Gasteiger partial charge on any atom is -0.358 e. The number of likely N-dealkylation sites (N-methyl/N-ethyl adjacent to an activating group) is 1. The summed E-state index contributed by atoms with van der Waals surface area (Å²) >= 11 is 6.08. The van der Waals surface area contributed by atoms with Gasteiger partial charge in [-0.1, -0.05) is 32.4 Å². The number of nitrogens with zero attached hydrogens (tertiary/aromatic N) is 1. The fraction of sp³-hybridized carbons (Fsp3) is 0.500. The Hall–Kier alpha value is -0.990. The Balaban J connectivity index is 0.000000861. The summed E-state index contributed by atoms with van der Waals surface area (Å²) in [7, 11) is 4.21. The van der Waals surface area contributed by atoms with Crippen LogP contribution in [0, 0.1) is 0 Å². The van der Waals surface area contributed by atoms with E-state index in [1.807, 2.05) is 19.9 Å². The number of halogens is 1. The first kappa shape index (κ1) is 16.1. The molecular weight excluding hydrogens is 256 g/mol. The number of H-pyrrole nitrogens is 1. The Morgan fingerprint density at radius 2 is 1.89 bits per heavy atom. The van der Waals surface area contributed by atoms with Crippen molar-refractivity contribution in [2.24, 2.45) is 0 Å². The number of benzene rings is 1. The van der Waals surface area contributed by atoms with Gasteiger partial charge in [0, 0.05) is 28.2 Å². The van der Waals surface area contributed by atoms with E-state index in [2.05, 4.69) is 43.0 Å². The molecule has 1 heterocycles. The van der Waals surface area contributed by atoms with Crippen LogP contribution in [0.5, 0.6) is 0 Å². The average molecular weight is 281 g/mol. The molecular formula is C16H25ClN2. The number of nitrogens with one attached hydrogen (secondary N) is 1. The normalized spacial score (nSPS) is 10.7. The Morgan fingerprint density at radius 3 is 2.47 bits per heavy atom. The number of hydrogen-bond acceptors (Lipinski definition) is 1. The molecule has 0 aliphatic carbocycles. The minimum atomic E-state index is 0.810. The van der Waals surface area contributed by atoms with Gasteiger partial charge in [0.2, 0.25) is 0 Å². The van der Waals surface area contributed by atoms with Gasteiger partial charge in [0.15, 0.2) is 0 Å². The molecule has 0 saturated heterocycles. The van der Waals surface area contributed by atoms with Gasteiger partial charge < -0.3 is 9.88 Å². The second-order valence-electron chi connectivity index (χ2n) is 4.68. The van der Waals surface area contributed by atoms with Gasteiger partial charge in [-0.2, -0.15) is 0 Å². The van der Waals surface area contributed by atoms with Crippen molar-refractivity contribution in [2.75, 3.05) is 20.6 Å². The van der Waals surface area contributed by atoms with Crippen LogP contribution >= 0.6 is 11.6 Å². The molecule has 0 spiro atoms.